The second kappa shape index (κ2) is 5.48. The molecule has 3 aromatic rings. The summed E-state index contributed by atoms with van der Waals surface area (Å²) >= 11 is 0. The van der Waals surface area contributed by atoms with E-state index in [0.29, 0.717) is 0 Å². The highest BCUT2D eigenvalue weighted by Crippen LogP contribution is 2.25. The van der Waals surface area contributed by atoms with Gasteiger partial charge in [-0.25, -0.2) is 4.98 Å². The van der Waals surface area contributed by atoms with Crippen molar-refractivity contribution in [3.8, 4) is 0 Å². The number of nitrogens with zero attached hydrogens (tertiary/aromatic N) is 2. The van der Waals surface area contributed by atoms with Crippen molar-refractivity contribution in [3.05, 3.63) is 65.5 Å². The van der Waals surface area contributed by atoms with Crippen LogP contribution in [-0.2, 0) is 6.42 Å². The molecule has 0 unspecified atom stereocenters. The molecule has 0 fully saturated rings. The van der Waals surface area contributed by atoms with Gasteiger partial charge in [0.05, 0.1) is 5.69 Å². The van der Waals surface area contributed by atoms with Crippen molar-refractivity contribution in [1.29, 1.82) is 0 Å². The first-order chi connectivity index (χ1) is 10.4. The van der Waals surface area contributed by atoms with Crippen molar-refractivity contribution >= 4 is 11.5 Å². The third-order valence-corrected chi connectivity index (χ3v) is 3.63. The van der Waals surface area contributed by atoms with E-state index in [1.807, 2.05) is 6.07 Å². The summed E-state index contributed by atoms with van der Waals surface area (Å²) in [6, 6.07) is 14.7. The van der Waals surface area contributed by atoms with Gasteiger partial charge in [0.25, 0.3) is 0 Å². The zero-order valence-corrected chi connectivity index (χ0v) is 13.7. The molecule has 0 aliphatic heterocycles. The molecule has 1 aromatic carbocycles. The van der Waals surface area contributed by atoms with E-state index in [1.54, 1.807) is 0 Å². The molecule has 0 aliphatic rings. The van der Waals surface area contributed by atoms with E-state index in [-0.39, 0.29) is 5.54 Å². The van der Waals surface area contributed by atoms with Crippen LogP contribution < -0.4 is 5.32 Å². The van der Waals surface area contributed by atoms with Crippen LogP contribution in [0.15, 0.2) is 48.7 Å². The largest absolute Gasteiger partial charge is 0.365 e. The fourth-order valence-corrected chi connectivity index (χ4v) is 2.65. The lowest BCUT2D eigenvalue weighted by molar-refractivity contribution is 0.628. The van der Waals surface area contributed by atoms with Crippen molar-refractivity contribution in [2.24, 2.45) is 0 Å². The molecule has 2 aromatic heterocycles. The SMILES string of the molecule is Cc1cccn2c(NC(C)(C)C)c(Cc3ccccc3)nc12. The molecular formula is C19H23N3. The Hall–Kier alpha value is -2.29. The maximum absolute atomic E-state index is 4.89. The van der Waals surface area contributed by atoms with Crippen LogP contribution in [0.4, 0.5) is 5.82 Å². The number of benzene rings is 1. The van der Waals surface area contributed by atoms with E-state index in [0.717, 1.165) is 23.6 Å². The van der Waals surface area contributed by atoms with E-state index < -0.39 is 0 Å². The number of fused-ring (bicyclic) bond motifs is 1. The van der Waals surface area contributed by atoms with Gasteiger partial charge in [0.1, 0.15) is 11.5 Å². The van der Waals surface area contributed by atoms with E-state index in [9.17, 15) is 0 Å². The number of hydrogen-bond donors (Lipinski definition) is 1. The van der Waals surface area contributed by atoms with Crippen LogP contribution in [0.25, 0.3) is 5.65 Å². The molecule has 3 heteroatoms. The van der Waals surface area contributed by atoms with Crippen molar-refractivity contribution in [1.82, 2.24) is 9.38 Å². The smallest absolute Gasteiger partial charge is 0.141 e. The summed E-state index contributed by atoms with van der Waals surface area (Å²) in [5.41, 5.74) is 4.58. The molecule has 1 N–H and O–H groups in total. The molecule has 0 spiro atoms. The number of nitrogens with one attached hydrogen (secondary N) is 1. The van der Waals surface area contributed by atoms with Crippen molar-refractivity contribution in [3.63, 3.8) is 0 Å². The Morgan fingerprint density at radius 3 is 2.45 bits per heavy atom. The zero-order chi connectivity index (χ0) is 15.7. The van der Waals surface area contributed by atoms with E-state index in [2.05, 4.69) is 80.0 Å². The Morgan fingerprint density at radius 2 is 1.77 bits per heavy atom. The average molecular weight is 293 g/mol. The van der Waals surface area contributed by atoms with Gasteiger partial charge in [0, 0.05) is 18.2 Å². The highest BCUT2D eigenvalue weighted by Gasteiger charge is 2.18. The summed E-state index contributed by atoms with van der Waals surface area (Å²) in [6.07, 6.45) is 2.91. The van der Waals surface area contributed by atoms with E-state index in [1.165, 1.54) is 11.1 Å². The van der Waals surface area contributed by atoms with Gasteiger partial charge in [-0.3, -0.25) is 4.40 Å². The summed E-state index contributed by atoms with van der Waals surface area (Å²) in [4.78, 5) is 4.89. The second-order valence-electron chi connectivity index (χ2n) is 6.83. The van der Waals surface area contributed by atoms with Crippen LogP contribution in [0.1, 0.15) is 37.6 Å². The third kappa shape index (κ3) is 2.98. The maximum atomic E-state index is 4.89. The van der Waals surface area contributed by atoms with Gasteiger partial charge in [-0.2, -0.15) is 0 Å². The minimum Gasteiger partial charge on any atom is -0.365 e. The molecule has 0 radical (unpaired) electrons. The summed E-state index contributed by atoms with van der Waals surface area (Å²) in [5.74, 6) is 1.09. The highest BCUT2D eigenvalue weighted by molar-refractivity contribution is 5.60. The van der Waals surface area contributed by atoms with Crippen LogP contribution in [0.2, 0.25) is 0 Å². The molecule has 0 atom stereocenters. The molecule has 3 nitrogen and oxygen atoms in total. The van der Waals surface area contributed by atoms with Crippen LogP contribution in [0.3, 0.4) is 0 Å². The lowest BCUT2D eigenvalue weighted by atomic mass is 10.1. The predicted molar refractivity (Wildman–Crippen MR) is 92.6 cm³/mol. The summed E-state index contributed by atoms with van der Waals surface area (Å²) < 4.78 is 2.17. The number of aromatic nitrogens is 2. The predicted octanol–water partition coefficient (Wildman–Crippen LogP) is 4.44. The van der Waals surface area contributed by atoms with Gasteiger partial charge >= 0.3 is 0 Å². The van der Waals surface area contributed by atoms with Gasteiger partial charge < -0.3 is 5.32 Å². The first-order valence-electron chi connectivity index (χ1n) is 7.73. The first kappa shape index (κ1) is 14.6. The summed E-state index contributed by atoms with van der Waals surface area (Å²) in [7, 11) is 0. The van der Waals surface area contributed by atoms with Crippen molar-refractivity contribution in [2.75, 3.05) is 5.32 Å². The molecule has 22 heavy (non-hydrogen) atoms. The molecule has 0 aliphatic carbocycles. The average Bonchev–Trinajstić information content (AvgIpc) is 2.78. The molecule has 0 saturated carbocycles. The number of aryl methyl sites for hydroxylation is 1. The number of imidazole rings is 1. The van der Waals surface area contributed by atoms with Crippen LogP contribution in [0.5, 0.6) is 0 Å². The van der Waals surface area contributed by atoms with Gasteiger partial charge in [-0.15, -0.1) is 0 Å². The van der Waals surface area contributed by atoms with Gasteiger partial charge in [-0.1, -0.05) is 36.4 Å². The Balaban J connectivity index is 2.11. The van der Waals surface area contributed by atoms with E-state index >= 15 is 0 Å². The maximum Gasteiger partial charge on any atom is 0.141 e. The molecule has 3 rings (SSSR count). The summed E-state index contributed by atoms with van der Waals surface area (Å²) in [6.45, 7) is 8.63. The molecule has 2 heterocycles. The number of anilines is 1. The normalized spacial score (nSPS) is 11.8. The third-order valence-electron chi connectivity index (χ3n) is 3.63. The molecule has 0 amide bonds. The lowest BCUT2D eigenvalue weighted by Gasteiger charge is -2.22. The van der Waals surface area contributed by atoms with Gasteiger partial charge in [0.15, 0.2) is 0 Å². The Labute approximate surface area is 132 Å². The quantitative estimate of drug-likeness (QED) is 0.773. The molecule has 0 saturated heterocycles. The summed E-state index contributed by atoms with van der Waals surface area (Å²) in [5, 5.41) is 3.62. The minimum absolute atomic E-state index is 0.00878. The molecule has 0 bridgehead atoms. The number of hydrogen-bond acceptors (Lipinski definition) is 2. The minimum atomic E-state index is -0.00878. The Kier molecular flexibility index (Phi) is 3.65. The van der Waals surface area contributed by atoms with Crippen LogP contribution in [0, 0.1) is 6.92 Å². The number of rotatable bonds is 3. The topological polar surface area (TPSA) is 29.3 Å². The number of pyridine rings is 1. The fraction of sp³-hybridized carbons (Fsp3) is 0.316. The zero-order valence-electron chi connectivity index (χ0n) is 13.7. The van der Waals surface area contributed by atoms with Crippen LogP contribution in [-0.4, -0.2) is 14.9 Å². The van der Waals surface area contributed by atoms with Crippen molar-refractivity contribution in [2.45, 2.75) is 39.7 Å². The van der Waals surface area contributed by atoms with Crippen molar-refractivity contribution < 1.29 is 0 Å². The first-order valence-corrected chi connectivity index (χ1v) is 7.73. The fourth-order valence-electron chi connectivity index (χ4n) is 2.65. The highest BCUT2D eigenvalue weighted by atomic mass is 15.2. The Morgan fingerprint density at radius 1 is 1.05 bits per heavy atom. The molecule has 114 valence electrons. The van der Waals surface area contributed by atoms with E-state index in [4.69, 9.17) is 4.98 Å². The lowest BCUT2D eigenvalue weighted by Crippen LogP contribution is -2.27. The standard InChI is InChI=1S/C19H23N3/c1-14-9-8-12-22-17(14)20-16(18(22)21-19(2,3)4)13-15-10-6-5-7-11-15/h5-12,21H,13H2,1-4H3. The van der Waals surface area contributed by atoms with Crippen LogP contribution >= 0.6 is 0 Å². The van der Waals surface area contributed by atoms with Gasteiger partial charge in [0.2, 0.25) is 0 Å². The monoisotopic (exact) mass is 293 g/mol. The van der Waals surface area contributed by atoms with Gasteiger partial charge in [-0.05, 0) is 44.9 Å². The second-order valence-corrected chi connectivity index (χ2v) is 6.83. The molecular weight excluding hydrogens is 270 g/mol. The Bertz CT molecular complexity index is 780.